The zero-order valence-electron chi connectivity index (χ0n) is 36.5. The Morgan fingerprint density at radius 2 is 0.741 bits per heavy atom. The van der Waals surface area contributed by atoms with E-state index in [1.165, 1.54) is 0 Å². The maximum atomic E-state index is 11.9. The minimum Gasteiger partial charge on any atom is -0.507 e. The van der Waals surface area contributed by atoms with Crippen LogP contribution in [0.4, 0.5) is 0 Å². The first-order valence-electron chi connectivity index (χ1n) is 20.0. The fraction of sp³-hybridized carbons (Fsp3) is 0.520. The average Bonchev–Trinajstić information content (AvgIpc) is 3.02. The molecule has 4 rings (SSSR count). The van der Waals surface area contributed by atoms with Crippen LogP contribution in [0, 0.1) is 38.5 Å². The van der Waals surface area contributed by atoms with Gasteiger partial charge < -0.3 is 20.4 Å². The van der Waals surface area contributed by atoms with E-state index < -0.39 is 0 Å². The number of phenols is 4. The molecule has 0 saturated heterocycles. The molecule has 0 aliphatic carbocycles. The van der Waals surface area contributed by atoms with Crippen molar-refractivity contribution in [2.24, 2.45) is 10.8 Å². The minimum absolute atomic E-state index is 0.00649. The van der Waals surface area contributed by atoms with Gasteiger partial charge in [0.1, 0.15) is 23.0 Å². The maximum absolute atomic E-state index is 11.9. The van der Waals surface area contributed by atoms with Crippen molar-refractivity contribution in [3.05, 3.63) is 114 Å². The molecule has 0 atom stereocenters. The smallest absolute Gasteiger partial charge is 0.122 e. The van der Waals surface area contributed by atoms with Crippen molar-refractivity contribution in [2.45, 2.75) is 160 Å². The molecule has 294 valence electrons. The molecule has 54 heavy (non-hydrogen) atoms. The molecule has 0 bridgehead atoms. The summed E-state index contributed by atoms with van der Waals surface area (Å²) >= 11 is 0. The average molecular weight is 735 g/mol. The first-order chi connectivity index (χ1) is 24.6. The van der Waals surface area contributed by atoms with Gasteiger partial charge in [0, 0.05) is 19.3 Å². The lowest BCUT2D eigenvalue weighted by Gasteiger charge is -2.29. The number of hydrogen-bond acceptors (Lipinski definition) is 4. The van der Waals surface area contributed by atoms with Crippen LogP contribution in [0.15, 0.2) is 36.4 Å². The van der Waals surface area contributed by atoms with E-state index in [2.05, 4.69) is 135 Å². The molecular formula is C50H70O4. The van der Waals surface area contributed by atoms with Gasteiger partial charge in [-0.25, -0.2) is 0 Å². The van der Waals surface area contributed by atoms with E-state index in [9.17, 15) is 20.4 Å². The van der Waals surface area contributed by atoms with Gasteiger partial charge in [-0.3, -0.25) is 0 Å². The quantitative estimate of drug-likeness (QED) is 0.131. The van der Waals surface area contributed by atoms with Gasteiger partial charge in [-0.2, -0.15) is 0 Å². The summed E-state index contributed by atoms with van der Waals surface area (Å²) in [7, 11) is 0. The lowest BCUT2D eigenvalue weighted by molar-refractivity contribution is 0.338. The van der Waals surface area contributed by atoms with Crippen molar-refractivity contribution in [2.75, 3.05) is 0 Å². The highest BCUT2D eigenvalue weighted by atomic mass is 16.3. The standard InChI is InChI=1S/C50H70O4/c1-17-50(15,16)28-40-32(5)34(26-42(46(40)54)49(12,13)14)23-36-19-30(3)21-38(44(36)52)24-37-20-29(2)18-35(43(37)51)22-33-25-41(48(9,10)11)45(53)39(31(33)4)27-47(6,7)8/h18-21,25-26,51-54H,17,22-24,27-28H2,1-16H3. The van der Waals surface area contributed by atoms with Crippen LogP contribution in [-0.2, 0) is 42.9 Å². The van der Waals surface area contributed by atoms with E-state index in [0.29, 0.717) is 30.8 Å². The Labute approximate surface area is 327 Å². The van der Waals surface area contributed by atoms with Crippen LogP contribution in [0.25, 0.3) is 0 Å². The molecule has 4 aromatic carbocycles. The van der Waals surface area contributed by atoms with E-state index in [0.717, 1.165) is 97.2 Å². The topological polar surface area (TPSA) is 80.9 Å². The third-order valence-electron chi connectivity index (χ3n) is 11.5. The van der Waals surface area contributed by atoms with Gasteiger partial charge in [-0.05, 0) is 129 Å². The highest BCUT2D eigenvalue weighted by molar-refractivity contribution is 5.58. The number of aromatic hydroxyl groups is 4. The fourth-order valence-corrected chi connectivity index (χ4v) is 7.87. The molecule has 4 aromatic rings. The molecule has 4 heteroatoms. The predicted octanol–water partition coefficient (Wildman–Crippen LogP) is 12.7. The first-order valence-corrected chi connectivity index (χ1v) is 20.0. The molecule has 0 amide bonds. The largest absolute Gasteiger partial charge is 0.507 e. The van der Waals surface area contributed by atoms with Crippen LogP contribution in [0.5, 0.6) is 23.0 Å². The van der Waals surface area contributed by atoms with Crippen LogP contribution in [0.2, 0.25) is 0 Å². The Morgan fingerprint density at radius 1 is 0.426 bits per heavy atom. The summed E-state index contributed by atoms with van der Waals surface area (Å²) in [5.41, 5.74) is 13.0. The second-order valence-electron chi connectivity index (χ2n) is 20.4. The van der Waals surface area contributed by atoms with Crippen molar-refractivity contribution in [3.63, 3.8) is 0 Å². The van der Waals surface area contributed by atoms with Gasteiger partial charge in [0.2, 0.25) is 0 Å². The van der Waals surface area contributed by atoms with Crippen LogP contribution in [-0.4, -0.2) is 20.4 Å². The molecule has 0 unspecified atom stereocenters. The Balaban J connectivity index is 1.79. The Morgan fingerprint density at radius 3 is 1.04 bits per heavy atom. The van der Waals surface area contributed by atoms with Gasteiger partial charge in [-0.1, -0.05) is 137 Å². The van der Waals surface area contributed by atoms with Crippen LogP contribution >= 0.6 is 0 Å². The summed E-state index contributed by atoms with van der Waals surface area (Å²) in [6.07, 6.45) is 3.98. The van der Waals surface area contributed by atoms with Crippen molar-refractivity contribution in [1.82, 2.24) is 0 Å². The van der Waals surface area contributed by atoms with Crippen molar-refractivity contribution in [1.29, 1.82) is 0 Å². The van der Waals surface area contributed by atoms with Crippen molar-refractivity contribution >= 4 is 0 Å². The number of rotatable bonds is 10. The van der Waals surface area contributed by atoms with E-state index >= 15 is 0 Å². The molecule has 0 saturated carbocycles. The number of aryl methyl sites for hydroxylation is 2. The fourth-order valence-electron chi connectivity index (χ4n) is 7.87. The molecule has 0 heterocycles. The molecule has 0 fully saturated rings. The number of hydrogen-bond donors (Lipinski definition) is 4. The van der Waals surface area contributed by atoms with Gasteiger partial charge in [-0.15, -0.1) is 0 Å². The molecule has 0 radical (unpaired) electrons. The van der Waals surface area contributed by atoms with Gasteiger partial charge in [0.25, 0.3) is 0 Å². The molecule has 4 N–H and O–H groups in total. The lowest BCUT2D eigenvalue weighted by atomic mass is 9.76. The van der Waals surface area contributed by atoms with E-state index in [-0.39, 0.29) is 33.2 Å². The monoisotopic (exact) mass is 735 g/mol. The van der Waals surface area contributed by atoms with Crippen LogP contribution in [0.3, 0.4) is 0 Å². The van der Waals surface area contributed by atoms with Crippen molar-refractivity contribution in [3.8, 4) is 23.0 Å². The van der Waals surface area contributed by atoms with Crippen LogP contribution < -0.4 is 0 Å². The zero-order chi connectivity index (χ0) is 40.9. The molecule has 0 spiro atoms. The Hall–Kier alpha value is -3.92. The second-order valence-corrected chi connectivity index (χ2v) is 20.4. The van der Waals surface area contributed by atoms with Gasteiger partial charge in [0.15, 0.2) is 0 Å². The van der Waals surface area contributed by atoms with Gasteiger partial charge >= 0.3 is 0 Å². The Kier molecular flexibility index (Phi) is 12.1. The van der Waals surface area contributed by atoms with Gasteiger partial charge in [0.05, 0.1) is 0 Å². The molecule has 0 aliphatic rings. The lowest BCUT2D eigenvalue weighted by Crippen LogP contribution is -2.18. The minimum atomic E-state index is -0.251. The second kappa shape index (κ2) is 15.3. The highest BCUT2D eigenvalue weighted by Gasteiger charge is 2.29. The van der Waals surface area contributed by atoms with E-state index in [1.807, 2.05) is 12.1 Å². The molecule has 4 nitrogen and oxygen atoms in total. The molecule has 0 aliphatic heterocycles. The summed E-state index contributed by atoms with van der Waals surface area (Å²) in [5, 5.41) is 46.9. The van der Waals surface area contributed by atoms with Crippen molar-refractivity contribution < 1.29 is 20.4 Å². The third-order valence-corrected chi connectivity index (χ3v) is 11.5. The van der Waals surface area contributed by atoms with E-state index in [1.54, 1.807) is 0 Å². The van der Waals surface area contributed by atoms with Crippen LogP contribution in [0.1, 0.15) is 167 Å². The normalized spacial score (nSPS) is 12.8. The summed E-state index contributed by atoms with van der Waals surface area (Å²) in [6.45, 7) is 34.4. The summed E-state index contributed by atoms with van der Waals surface area (Å²) in [4.78, 5) is 0. The molecule has 0 aromatic heterocycles. The maximum Gasteiger partial charge on any atom is 0.122 e. The SMILES string of the molecule is CCC(C)(C)Cc1c(C)c(Cc2cc(C)cc(Cc3cc(C)cc(Cc4cc(C(C)(C)C)c(O)c(CC(C)(C)C)c4C)c3O)c2O)cc(C(C)(C)C)c1O. The first kappa shape index (κ1) is 42.8. The number of phenolic OH excluding ortho intramolecular Hbond substituents is 4. The molecular weight excluding hydrogens is 665 g/mol. The summed E-state index contributed by atoms with van der Waals surface area (Å²) in [6, 6.07) is 12.4. The number of benzene rings is 4. The highest BCUT2D eigenvalue weighted by Crippen LogP contribution is 2.43. The third kappa shape index (κ3) is 9.65. The Bertz CT molecular complexity index is 2020. The summed E-state index contributed by atoms with van der Waals surface area (Å²) < 4.78 is 0. The van der Waals surface area contributed by atoms with E-state index in [4.69, 9.17) is 0 Å². The predicted molar refractivity (Wildman–Crippen MR) is 228 cm³/mol. The zero-order valence-corrected chi connectivity index (χ0v) is 36.5. The summed E-state index contributed by atoms with van der Waals surface area (Å²) in [5.74, 6) is 1.28.